The number of hydrogen-bond acceptors (Lipinski definition) is 7. The minimum absolute atomic E-state index is 0.0404. The standard InChI is InChI=1S/C29H29FN6O3/c1-16-10-21(30)22(32-27(37)23-15-31-28(39-23)29-5-4-19(29)14-29)13-20(16)18-11-24-33-26(17-2-3-17)34-36(24)25(12-18)35-6-8-38-9-7-35/h10-13,15,17,19H,2-9,14H2,1H3,(H,32,37). The molecule has 4 aliphatic rings. The number of benzene rings is 1. The molecule has 1 N–H and O–H groups in total. The Morgan fingerprint density at radius 2 is 2.00 bits per heavy atom. The van der Waals surface area contributed by atoms with Crippen LogP contribution in [0, 0.1) is 18.7 Å². The zero-order valence-corrected chi connectivity index (χ0v) is 21.7. The van der Waals surface area contributed by atoms with E-state index in [1.807, 2.05) is 17.5 Å². The van der Waals surface area contributed by atoms with Gasteiger partial charge < -0.3 is 19.4 Å². The maximum Gasteiger partial charge on any atom is 0.293 e. The van der Waals surface area contributed by atoms with Crippen LogP contribution in [-0.4, -0.2) is 51.8 Å². The molecule has 8 rings (SSSR count). The van der Waals surface area contributed by atoms with E-state index >= 15 is 4.39 Å². The summed E-state index contributed by atoms with van der Waals surface area (Å²) >= 11 is 0. The highest BCUT2D eigenvalue weighted by Gasteiger charge is 2.65. The molecule has 1 saturated heterocycles. The predicted octanol–water partition coefficient (Wildman–Crippen LogP) is 4.85. The average Bonchev–Trinajstić information content (AvgIpc) is 3.71. The summed E-state index contributed by atoms with van der Waals surface area (Å²) in [5.41, 5.74) is 3.35. The quantitative estimate of drug-likeness (QED) is 0.382. The summed E-state index contributed by atoms with van der Waals surface area (Å²) in [5, 5.41) is 7.55. The van der Waals surface area contributed by atoms with Crippen molar-refractivity contribution in [2.24, 2.45) is 5.92 Å². The van der Waals surface area contributed by atoms with Crippen molar-refractivity contribution in [1.29, 1.82) is 0 Å². The molecule has 4 heterocycles. The highest BCUT2D eigenvalue weighted by atomic mass is 19.1. The van der Waals surface area contributed by atoms with Crippen LogP contribution in [0.15, 0.2) is 34.9 Å². The van der Waals surface area contributed by atoms with Crippen molar-refractivity contribution in [3.8, 4) is 11.1 Å². The van der Waals surface area contributed by atoms with Gasteiger partial charge in [0.2, 0.25) is 11.7 Å². The first kappa shape index (κ1) is 23.1. The van der Waals surface area contributed by atoms with Crippen molar-refractivity contribution in [3.05, 3.63) is 59.3 Å². The fourth-order valence-corrected chi connectivity index (χ4v) is 6.19. The van der Waals surface area contributed by atoms with Gasteiger partial charge in [-0.15, -0.1) is 5.10 Å². The molecule has 39 heavy (non-hydrogen) atoms. The summed E-state index contributed by atoms with van der Waals surface area (Å²) in [6.45, 7) is 4.67. The number of halogens is 1. The minimum Gasteiger partial charge on any atom is -0.435 e. The number of carbonyl (C=O) groups excluding carboxylic acids is 1. The van der Waals surface area contributed by atoms with E-state index in [1.54, 1.807) is 6.07 Å². The van der Waals surface area contributed by atoms with E-state index in [1.165, 1.54) is 18.7 Å². The van der Waals surface area contributed by atoms with E-state index in [0.29, 0.717) is 30.9 Å². The molecular formula is C29H29FN6O3. The van der Waals surface area contributed by atoms with Crippen LogP contribution >= 0.6 is 0 Å². The lowest BCUT2D eigenvalue weighted by Gasteiger charge is -2.29. The summed E-state index contributed by atoms with van der Waals surface area (Å²) in [6, 6.07) is 7.20. The number of nitrogens with one attached hydrogen (secondary N) is 1. The Morgan fingerprint density at radius 3 is 2.72 bits per heavy atom. The van der Waals surface area contributed by atoms with Gasteiger partial charge in [0.15, 0.2) is 11.5 Å². The normalized spacial score (nSPS) is 23.9. The van der Waals surface area contributed by atoms with Gasteiger partial charge in [0.05, 0.1) is 30.5 Å². The molecule has 1 aromatic carbocycles. The molecule has 4 fully saturated rings. The van der Waals surface area contributed by atoms with Gasteiger partial charge in [-0.2, -0.15) is 4.52 Å². The molecule has 0 spiro atoms. The summed E-state index contributed by atoms with van der Waals surface area (Å²) in [5.74, 6) is 2.59. The number of hydrogen-bond donors (Lipinski definition) is 1. The third kappa shape index (κ3) is 3.76. The number of carbonyl (C=O) groups is 1. The van der Waals surface area contributed by atoms with Gasteiger partial charge in [-0.05, 0) is 85.9 Å². The molecule has 2 atom stereocenters. The molecule has 3 aliphatic carbocycles. The Kier molecular flexibility index (Phi) is 4.95. The summed E-state index contributed by atoms with van der Waals surface area (Å²) in [6.07, 6.45) is 7.01. The fourth-order valence-electron chi connectivity index (χ4n) is 6.19. The molecule has 0 bridgehead atoms. The number of fused-ring (bicyclic) bond motifs is 2. The van der Waals surface area contributed by atoms with E-state index in [9.17, 15) is 4.79 Å². The molecule has 3 saturated carbocycles. The summed E-state index contributed by atoms with van der Waals surface area (Å²) < 4.78 is 28.4. The monoisotopic (exact) mass is 528 g/mol. The zero-order chi connectivity index (χ0) is 26.3. The van der Waals surface area contributed by atoms with Gasteiger partial charge in [0.1, 0.15) is 11.6 Å². The Balaban J connectivity index is 1.14. The molecule has 4 aromatic rings. The van der Waals surface area contributed by atoms with Crippen LogP contribution in [0.5, 0.6) is 0 Å². The first-order chi connectivity index (χ1) is 19.0. The van der Waals surface area contributed by atoms with E-state index in [4.69, 9.17) is 19.2 Å². The number of pyridine rings is 1. The van der Waals surface area contributed by atoms with Crippen molar-refractivity contribution in [2.75, 3.05) is 36.5 Å². The van der Waals surface area contributed by atoms with Crippen molar-refractivity contribution < 1.29 is 18.3 Å². The van der Waals surface area contributed by atoms with Crippen LogP contribution in [0.3, 0.4) is 0 Å². The van der Waals surface area contributed by atoms with Crippen LogP contribution in [0.2, 0.25) is 0 Å². The van der Waals surface area contributed by atoms with Gasteiger partial charge in [-0.25, -0.2) is 14.4 Å². The first-order valence-electron chi connectivity index (χ1n) is 13.8. The fraction of sp³-hybridized carbons (Fsp3) is 0.448. The van der Waals surface area contributed by atoms with Gasteiger partial charge in [-0.3, -0.25) is 4.79 Å². The molecule has 1 aliphatic heterocycles. The largest absolute Gasteiger partial charge is 0.435 e. The van der Waals surface area contributed by atoms with Crippen LogP contribution in [0.4, 0.5) is 15.9 Å². The lowest BCUT2D eigenvalue weighted by molar-refractivity contribution is 0.0992. The van der Waals surface area contributed by atoms with E-state index in [0.717, 1.165) is 72.8 Å². The van der Waals surface area contributed by atoms with E-state index in [2.05, 4.69) is 21.3 Å². The van der Waals surface area contributed by atoms with E-state index < -0.39 is 11.7 Å². The lowest BCUT2D eigenvalue weighted by Crippen LogP contribution is -2.37. The van der Waals surface area contributed by atoms with Crippen molar-refractivity contribution in [3.63, 3.8) is 0 Å². The van der Waals surface area contributed by atoms with Crippen LogP contribution in [0.1, 0.15) is 65.9 Å². The second-order valence-corrected chi connectivity index (χ2v) is 11.4. The highest BCUT2D eigenvalue weighted by molar-refractivity contribution is 6.02. The highest BCUT2D eigenvalue weighted by Crippen LogP contribution is 2.67. The van der Waals surface area contributed by atoms with Crippen molar-refractivity contribution in [1.82, 2.24) is 19.6 Å². The number of oxazole rings is 1. The van der Waals surface area contributed by atoms with Gasteiger partial charge in [0, 0.05) is 19.0 Å². The van der Waals surface area contributed by atoms with E-state index in [-0.39, 0.29) is 16.9 Å². The Labute approximate surface area is 224 Å². The number of rotatable bonds is 6. The predicted molar refractivity (Wildman–Crippen MR) is 142 cm³/mol. The number of ether oxygens (including phenoxy) is 1. The molecule has 1 amide bonds. The molecule has 10 heteroatoms. The number of nitrogens with zero attached hydrogens (tertiary/aromatic N) is 5. The van der Waals surface area contributed by atoms with Gasteiger partial charge >= 0.3 is 0 Å². The molecule has 0 radical (unpaired) electrons. The molecular weight excluding hydrogens is 499 g/mol. The Morgan fingerprint density at radius 1 is 1.15 bits per heavy atom. The topological polar surface area (TPSA) is 97.8 Å². The van der Waals surface area contributed by atoms with Crippen molar-refractivity contribution in [2.45, 2.75) is 50.4 Å². The van der Waals surface area contributed by atoms with Crippen molar-refractivity contribution >= 4 is 23.1 Å². The third-order valence-corrected chi connectivity index (χ3v) is 8.91. The maximum atomic E-state index is 15.1. The summed E-state index contributed by atoms with van der Waals surface area (Å²) in [7, 11) is 0. The molecule has 2 unspecified atom stereocenters. The average molecular weight is 529 g/mol. The maximum absolute atomic E-state index is 15.1. The molecule has 200 valence electrons. The van der Waals surface area contributed by atoms with Gasteiger partial charge in [-0.1, -0.05) is 0 Å². The SMILES string of the molecule is Cc1cc(F)c(NC(=O)c2cnc(C34CCC3C4)o2)cc1-c1cc(N2CCOCC2)n2nc(C3CC3)nc2c1. The lowest BCUT2D eigenvalue weighted by atomic mass is 9.85. The number of aryl methyl sites for hydroxylation is 1. The first-order valence-corrected chi connectivity index (χ1v) is 13.8. The summed E-state index contributed by atoms with van der Waals surface area (Å²) in [4.78, 5) is 24.5. The van der Waals surface area contributed by atoms with Crippen LogP contribution in [-0.2, 0) is 10.2 Å². The number of aromatic nitrogens is 4. The zero-order valence-electron chi connectivity index (χ0n) is 21.7. The Bertz CT molecular complexity index is 1630. The number of anilines is 2. The van der Waals surface area contributed by atoms with Gasteiger partial charge in [0.25, 0.3) is 5.91 Å². The van der Waals surface area contributed by atoms with Crippen LogP contribution in [0.25, 0.3) is 16.8 Å². The molecule has 9 nitrogen and oxygen atoms in total. The smallest absolute Gasteiger partial charge is 0.293 e. The molecule has 3 aromatic heterocycles. The number of morpholine rings is 1. The minimum atomic E-state index is -0.508. The van der Waals surface area contributed by atoms with Crippen LogP contribution < -0.4 is 10.2 Å². The Hall–Kier alpha value is -3.79. The number of amides is 1. The third-order valence-electron chi connectivity index (χ3n) is 8.91. The second-order valence-electron chi connectivity index (χ2n) is 11.4. The second kappa shape index (κ2) is 8.35.